The minimum atomic E-state index is -0.954. The van der Waals surface area contributed by atoms with Gasteiger partial charge in [-0.1, -0.05) is 29.3 Å². The Kier molecular flexibility index (Phi) is 6.11. The molecule has 3 rings (SSSR count). The quantitative estimate of drug-likeness (QED) is 0.447. The topological polar surface area (TPSA) is 94.4 Å². The highest BCUT2D eigenvalue weighted by molar-refractivity contribution is 7.16. The first-order valence-corrected chi connectivity index (χ1v) is 9.71. The molecule has 138 valence electrons. The Labute approximate surface area is 169 Å². The number of carbonyl (C=O) groups excluding carboxylic acids is 2. The molecule has 9 heteroatoms. The molecule has 2 N–H and O–H groups in total. The van der Waals surface area contributed by atoms with Crippen molar-refractivity contribution in [1.82, 2.24) is 5.43 Å². The monoisotopic (exact) mass is 420 g/mol. The van der Waals surface area contributed by atoms with Gasteiger partial charge in [-0.2, -0.15) is 10.4 Å². The predicted octanol–water partition coefficient (Wildman–Crippen LogP) is 3.89. The van der Waals surface area contributed by atoms with E-state index in [1.807, 2.05) is 0 Å². The number of carbonyl (C=O) groups is 2. The van der Waals surface area contributed by atoms with Crippen LogP contribution in [0.4, 0.5) is 5.00 Å². The molecule has 1 aromatic heterocycles. The summed E-state index contributed by atoms with van der Waals surface area (Å²) >= 11 is 13.4. The molecule has 1 aliphatic carbocycles. The number of halogens is 2. The van der Waals surface area contributed by atoms with Crippen molar-refractivity contribution in [2.45, 2.75) is 25.7 Å². The van der Waals surface area contributed by atoms with Crippen LogP contribution in [0, 0.1) is 11.3 Å². The fourth-order valence-electron chi connectivity index (χ4n) is 2.77. The summed E-state index contributed by atoms with van der Waals surface area (Å²) in [5.41, 5.74) is 3.99. The summed E-state index contributed by atoms with van der Waals surface area (Å²) in [5, 5.41) is 16.8. The van der Waals surface area contributed by atoms with Crippen LogP contribution in [0.1, 0.15) is 34.4 Å². The number of thiophene rings is 1. The first kappa shape index (κ1) is 19.4. The molecular weight excluding hydrogens is 407 g/mol. The number of anilines is 1. The van der Waals surface area contributed by atoms with Gasteiger partial charge < -0.3 is 5.32 Å². The summed E-state index contributed by atoms with van der Waals surface area (Å²) in [4.78, 5) is 25.2. The molecule has 0 saturated carbocycles. The lowest BCUT2D eigenvalue weighted by Gasteiger charge is -2.09. The van der Waals surface area contributed by atoms with Gasteiger partial charge in [-0.15, -0.1) is 11.3 Å². The number of hydrogen-bond acceptors (Lipinski definition) is 5. The van der Waals surface area contributed by atoms with Crippen molar-refractivity contribution in [1.29, 1.82) is 5.26 Å². The number of nitrogens with zero attached hydrogens (tertiary/aromatic N) is 2. The molecule has 0 bridgehead atoms. The number of aryl methyl sites for hydroxylation is 1. The van der Waals surface area contributed by atoms with Gasteiger partial charge in [0.05, 0.1) is 21.8 Å². The van der Waals surface area contributed by atoms with E-state index in [2.05, 4.69) is 21.9 Å². The molecule has 1 aliphatic rings. The molecular formula is C18H14Cl2N4O2S. The molecule has 0 fully saturated rings. The second-order valence-corrected chi connectivity index (χ2v) is 7.73. The summed E-state index contributed by atoms with van der Waals surface area (Å²) in [6.45, 7) is 0. The van der Waals surface area contributed by atoms with Gasteiger partial charge in [0, 0.05) is 10.4 Å². The molecule has 0 unspecified atom stereocenters. The van der Waals surface area contributed by atoms with Gasteiger partial charge in [-0.05, 0) is 43.4 Å². The maximum atomic E-state index is 12.1. The van der Waals surface area contributed by atoms with Crippen molar-refractivity contribution in [2.75, 3.05) is 5.32 Å². The van der Waals surface area contributed by atoms with E-state index in [0.29, 0.717) is 26.2 Å². The first-order valence-electron chi connectivity index (χ1n) is 8.14. The zero-order valence-corrected chi connectivity index (χ0v) is 16.3. The molecule has 0 radical (unpaired) electrons. The number of hydrazone groups is 1. The third kappa shape index (κ3) is 4.30. The van der Waals surface area contributed by atoms with Crippen molar-refractivity contribution in [3.05, 3.63) is 49.8 Å². The minimum absolute atomic E-state index is 0.368. The lowest BCUT2D eigenvalue weighted by molar-refractivity contribution is -0.136. The van der Waals surface area contributed by atoms with Crippen molar-refractivity contribution in [3.63, 3.8) is 0 Å². The van der Waals surface area contributed by atoms with Gasteiger partial charge >= 0.3 is 11.8 Å². The van der Waals surface area contributed by atoms with Crippen molar-refractivity contribution in [3.8, 4) is 6.07 Å². The van der Waals surface area contributed by atoms with Crippen molar-refractivity contribution in [2.24, 2.45) is 5.10 Å². The van der Waals surface area contributed by atoms with Gasteiger partial charge in [-0.3, -0.25) is 9.59 Å². The molecule has 1 heterocycles. The fraction of sp³-hybridized carbons (Fsp3) is 0.222. The number of nitrogens with one attached hydrogen (secondary N) is 2. The smallest absolute Gasteiger partial charge is 0.308 e. The normalized spacial score (nSPS) is 13.1. The van der Waals surface area contributed by atoms with E-state index in [0.717, 1.165) is 36.1 Å². The van der Waals surface area contributed by atoms with E-state index in [1.54, 1.807) is 18.2 Å². The molecule has 2 aromatic rings. The van der Waals surface area contributed by atoms with Crippen LogP contribution >= 0.6 is 34.5 Å². The minimum Gasteiger partial charge on any atom is -0.308 e. The van der Waals surface area contributed by atoms with Crippen LogP contribution in [0.5, 0.6) is 0 Å². The number of amides is 2. The number of nitriles is 1. The van der Waals surface area contributed by atoms with Crippen molar-refractivity contribution >= 4 is 57.6 Å². The van der Waals surface area contributed by atoms with E-state index in [4.69, 9.17) is 23.2 Å². The Morgan fingerprint density at radius 1 is 1.19 bits per heavy atom. The second-order valence-electron chi connectivity index (χ2n) is 5.82. The lowest BCUT2D eigenvalue weighted by Crippen LogP contribution is -2.32. The molecule has 27 heavy (non-hydrogen) atoms. The van der Waals surface area contributed by atoms with E-state index < -0.39 is 11.8 Å². The third-order valence-corrected chi connectivity index (χ3v) is 5.94. The molecule has 0 saturated heterocycles. The van der Waals surface area contributed by atoms with Crippen LogP contribution in [-0.2, 0) is 22.4 Å². The van der Waals surface area contributed by atoms with Gasteiger partial charge in [0.15, 0.2) is 0 Å². The SMILES string of the molecule is N#Cc1c(NC(=O)C(=O)N/N=C/c2c(Cl)cccc2Cl)sc2c1CCCC2. The first-order chi connectivity index (χ1) is 13.0. The van der Waals surface area contributed by atoms with Crippen LogP contribution in [-0.4, -0.2) is 18.0 Å². The average molecular weight is 421 g/mol. The Bertz CT molecular complexity index is 958. The zero-order chi connectivity index (χ0) is 19.4. The Morgan fingerprint density at radius 3 is 2.59 bits per heavy atom. The fourth-order valence-corrected chi connectivity index (χ4v) is 4.50. The number of benzene rings is 1. The van der Waals surface area contributed by atoms with Crippen LogP contribution < -0.4 is 10.7 Å². The second kappa shape index (κ2) is 8.53. The summed E-state index contributed by atoms with van der Waals surface area (Å²) in [5.74, 6) is -1.85. The van der Waals surface area contributed by atoms with Gasteiger partial charge in [0.2, 0.25) is 0 Å². The van der Waals surface area contributed by atoms with Gasteiger partial charge in [0.25, 0.3) is 0 Å². The van der Waals surface area contributed by atoms with Crippen LogP contribution in [0.2, 0.25) is 10.0 Å². The van der Waals surface area contributed by atoms with Crippen molar-refractivity contribution < 1.29 is 9.59 Å². The molecule has 0 spiro atoms. The number of rotatable bonds is 3. The standard InChI is InChI=1S/C18H14Cl2N4O2S/c19-13-5-3-6-14(20)12(13)9-22-24-17(26)16(25)23-18-11(8-21)10-4-1-2-7-15(10)27-18/h3,5-6,9H,1-2,4,7H2,(H,23,25)(H,24,26)/b22-9+. The molecule has 6 nitrogen and oxygen atoms in total. The van der Waals surface area contributed by atoms with Crippen LogP contribution in [0.3, 0.4) is 0 Å². The van der Waals surface area contributed by atoms with Gasteiger partial charge in [-0.25, -0.2) is 5.43 Å². The summed E-state index contributed by atoms with van der Waals surface area (Å²) in [6.07, 6.45) is 5.05. The Balaban J connectivity index is 1.67. The highest BCUT2D eigenvalue weighted by Crippen LogP contribution is 2.37. The zero-order valence-electron chi connectivity index (χ0n) is 14.0. The predicted molar refractivity (Wildman–Crippen MR) is 107 cm³/mol. The summed E-state index contributed by atoms with van der Waals surface area (Å²) < 4.78 is 0. The summed E-state index contributed by atoms with van der Waals surface area (Å²) in [7, 11) is 0. The highest BCUT2D eigenvalue weighted by Gasteiger charge is 2.23. The van der Waals surface area contributed by atoms with E-state index >= 15 is 0 Å². The Hall–Kier alpha value is -2.40. The van der Waals surface area contributed by atoms with E-state index in [1.165, 1.54) is 17.6 Å². The highest BCUT2D eigenvalue weighted by atomic mass is 35.5. The van der Waals surface area contributed by atoms with E-state index in [-0.39, 0.29) is 0 Å². The Morgan fingerprint density at radius 2 is 1.89 bits per heavy atom. The molecule has 2 amide bonds. The van der Waals surface area contributed by atoms with Crippen LogP contribution in [0.25, 0.3) is 0 Å². The molecule has 1 aromatic carbocycles. The van der Waals surface area contributed by atoms with E-state index in [9.17, 15) is 14.9 Å². The number of fused-ring (bicyclic) bond motifs is 1. The third-order valence-electron chi connectivity index (χ3n) is 4.08. The summed E-state index contributed by atoms with van der Waals surface area (Å²) in [6, 6.07) is 7.07. The molecule has 0 aliphatic heterocycles. The largest absolute Gasteiger partial charge is 0.329 e. The van der Waals surface area contributed by atoms with Gasteiger partial charge in [0.1, 0.15) is 11.1 Å². The number of hydrogen-bond donors (Lipinski definition) is 2. The average Bonchev–Trinajstić information content (AvgIpc) is 3.00. The maximum absolute atomic E-state index is 12.1. The lowest BCUT2D eigenvalue weighted by atomic mass is 9.96. The van der Waals surface area contributed by atoms with Crippen LogP contribution in [0.15, 0.2) is 23.3 Å². The maximum Gasteiger partial charge on any atom is 0.329 e. The molecule has 0 atom stereocenters.